The predicted octanol–water partition coefficient (Wildman–Crippen LogP) is 3.15. The molecule has 142 valence electrons. The largest absolute Gasteiger partial charge is 0.309 e. The molecule has 1 aliphatic heterocycles. The van der Waals surface area contributed by atoms with Gasteiger partial charge < -0.3 is 5.32 Å². The lowest BCUT2D eigenvalue weighted by Crippen LogP contribution is -2.53. The molecule has 3 rings (SSSR count). The molecule has 1 aliphatic rings. The van der Waals surface area contributed by atoms with Crippen molar-refractivity contribution in [3.63, 3.8) is 0 Å². The first kappa shape index (κ1) is 19.3. The third-order valence-corrected chi connectivity index (χ3v) is 5.27. The summed E-state index contributed by atoms with van der Waals surface area (Å²) in [5.41, 5.74) is 0.602. The van der Waals surface area contributed by atoms with Gasteiger partial charge >= 0.3 is 0 Å². The molecule has 7 heteroatoms. The molecule has 0 amide bonds. The first-order valence-corrected chi connectivity index (χ1v) is 9.70. The fraction of sp³-hybridized carbons (Fsp3) is 0.579. The molecule has 1 aromatic carbocycles. The predicted molar refractivity (Wildman–Crippen MR) is 104 cm³/mol. The fourth-order valence-electron chi connectivity index (χ4n) is 3.76. The zero-order valence-corrected chi connectivity index (χ0v) is 16.1. The van der Waals surface area contributed by atoms with Crippen LogP contribution in [0.1, 0.15) is 38.6 Å². The van der Waals surface area contributed by atoms with Gasteiger partial charge in [-0.05, 0) is 31.5 Å². The summed E-state index contributed by atoms with van der Waals surface area (Å²) < 4.78 is 14.9. The van der Waals surface area contributed by atoms with Gasteiger partial charge in [-0.2, -0.15) is 0 Å². The Hall–Kier alpha value is -1.50. The smallest absolute Gasteiger partial charge is 0.261 e. The molecular weight excluding hydrogens is 355 g/mol. The quantitative estimate of drug-likeness (QED) is 0.836. The zero-order valence-electron chi connectivity index (χ0n) is 15.3. The van der Waals surface area contributed by atoms with Crippen LogP contribution < -0.4 is 10.9 Å². The minimum Gasteiger partial charge on any atom is -0.309 e. The third-order valence-electron chi connectivity index (χ3n) is 5.04. The number of hydrogen-bond acceptors (Lipinski definition) is 4. The van der Waals surface area contributed by atoms with Crippen LogP contribution in [0.25, 0.3) is 10.9 Å². The molecule has 26 heavy (non-hydrogen) atoms. The van der Waals surface area contributed by atoms with Crippen LogP contribution >= 0.6 is 11.6 Å². The van der Waals surface area contributed by atoms with Gasteiger partial charge in [0.05, 0.1) is 16.9 Å². The van der Waals surface area contributed by atoms with E-state index in [1.54, 1.807) is 22.8 Å². The normalized spacial score (nSPS) is 19.8. The summed E-state index contributed by atoms with van der Waals surface area (Å²) in [6.07, 6.45) is 1.84. The number of rotatable bonds is 6. The number of halogens is 2. The lowest BCUT2D eigenvalue weighted by atomic mass is 10.1. The average molecular weight is 381 g/mol. The molecule has 0 radical (unpaired) electrons. The molecule has 1 N–H and O–H groups in total. The van der Waals surface area contributed by atoms with Gasteiger partial charge in [-0.15, -0.1) is 0 Å². The highest BCUT2D eigenvalue weighted by atomic mass is 35.5. The Morgan fingerprint density at radius 3 is 2.92 bits per heavy atom. The van der Waals surface area contributed by atoms with Crippen LogP contribution in [0.5, 0.6) is 0 Å². The van der Waals surface area contributed by atoms with E-state index in [1.807, 2.05) is 6.92 Å². The van der Waals surface area contributed by atoms with Crippen molar-refractivity contribution in [3.05, 3.63) is 39.4 Å². The fourth-order valence-corrected chi connectivity index (χ4v) is 3.93. The highest BCUT2D eigenvalue weighted by molar-refractivity contribution is 6.31. The first-order valence-electron chi connectivity index (χ1n) is 9.32. The molecular formula is C19H26ClFN4O. The van der Waals surface area contributed by atoms with Crippen LogP contribution in [-0.4, -0.2) is 46.8 Å². The van der Waals surface area contributed by atoms with Gasteiger partial charge in [0.15, 0.2) is 0 Å². The van der Waals surface area contributed by atoms with E-state index >= 15 is 0 Å². The molecule has 1 fully saturated rings. The zero-order chi connectivity index (χ0) is 18.7. The monoisotopic (exact) mass is 380 g/mol. The van der Waals surface area contributed by atoms with E-state index in [2.05, 4.69) is 17.1 Å². The van der Waals surface area contributed by atoms with E-state index in [-0.39, 0.29) is 24.3 Å². The van der Waals surface area contributed by atoms with Gasteiger partial charge in [-0.1, -0.05) is 24.9 Å². The minimum atomic E-state index is -0.389. The van der Waals surface area contributed by atoms with Crippen molar-refractivity contribution in [1.29, 1.82) is 0 Å². The van der Waals surface area contributed by atoms with E-state index in [1.165, 1.54) is 0 Å². The third kappa shape index (κ3) is 3.77. The number of hydrogen-bond donors (Lipinski definition) is 1. The second-order valence-corrected chi connectivity index (χ2v) is 7.22. The van der Waals surface area contributed by atoms with Crippen molar-refractivity contribution in [3.8, 4) is 0 Å². The average Bonchev–Trinajstić information content (AvgIpc) is 2.66. The molecule has 2 atom stereocenters. The molecule has 0 saturated carbocycles. The Bertz CT molecular complexity index is 825. The molecule has 0 unspecified atom stereocenters. The SMILES string of the molecule is CCC[C@H](c1nc2ccc(Cl)cc2c(=O)n1CC)N1CCN[C@@H](CF)C1. The maximum absolute atomic E-state index is 13.2. The summed E-state index contributed by atoms with van der Waals surface area (Å²) in [7, 11) is 0. The van der Waals surface area contributed by atoms with Crippen molar-refractivity contribution >= 4 is 22.5 Å². The van der Waals surface area contributed by atoms with E-state index in [9.17, 15) is 9.18 Å². The Kier molecular flexibility index (Phi) is 6.27. The summed E-state index contributed by atoms with van der Waals surface area (Å²) in [5.74, 6) is 0.772. The summed E-state index contributed by atoms with van der Waals surface area (Å²) in [4.78, 5) is 20.1. The molecule has 2 heterocycles. The van der Waals surface area contributed by atoms with Crippen LogP contribution in [0, 0.1) is 0 Å². The van der Waals surface area contributed by atoms with Gasteiger partial charge in [0.2, 0.25) is 0 Å². The molecule has 0 bridgehead atoms. The number of piperazine rings is 1. The van der Waals surface area contributed by atoms with Crippen molar-refractivity contribution in [2.24, 2.45) is 0 Å². The topological polar surface area (TPSA) is 50.2 Å². The highest BCUT2D eigenvalue weighted by Crippen LogP contribution is 2.27. The maximum Gasteiger partial charge on any atom is 0.261 e. The first-order chi connectivity index (χ1) is 12.6. The van der Waals surface area contributed by atoms with Crippen LogP contribution in [0.2, 0.25) is 5.02 Å². The second-order valence-electron chi connectivity index (χ2n) is 6.79. The van der Waals surface area contributed by atoms with Gasteiger partial charge in [0.25, 0.3) is 5.56 Å². The highest BCUT2D eigenvalue weighted by Gasteiger charge is 2.29. The second kappa shape index (κ2) is 8.46. The number of benzene rings is 1. The van der Waals surface area contributed by atoms with Crippen LogP contribution in [0.15, 0.2) is 23.0 Å². The van der Waals surface area contributed by atoms with Crippen molar-refractivity contribution in [2.45, 2.75) is 45.3 Å². The van der Waals surface area contributed by atoms with Gasteiger partial charge in [-0.3, -0.25) is 14.3 Å². The summed E-state index contributed by atoms with van der Waals surface area (Å²) in [5, 5.41) is 4.28. The molecule has 0 aliphatic carbocycles. The lowest BCUT2D eigenvalue weighted by molar-refractivity contribution is 0.117. The standard InChI is InChI=1S/C19H26ClFN4O/c1-3-5-17(24-9-8-22-14(11-21)12-24)18-23-16-7-6-13(20)10-15(16)19(26)25(18)4-2/h6-7,10,14,17,22H,3-5,8-9,11-12H2,1-2H3/t14-,17+/m0/s1. The van der Waals surface area contributed by atoms with E-state index in [0.29, 0.717) is 29.0 Å². The number of fused-ring (bicyclic) bond motifs is 1. The Morgan fingerprint density at radius 1 is 1.42 bits per heavy atom. The molecule has 0 spiro atoms. The number of alkyl halides is 1. The maximum atomic E-state index is 13.2. The van der Waals surface area contributed by atoms with Crippen LogP contribution in [-0.2, 0) is 6.54 Å². The summed E-state index contributed by atoms with van der Waals surface area (Å²) in [6, 6.07) is 5.08. The van der Waals surface area contributed by atoms with Gasteiger partial charge in [-0.25, -0.2) is 9.37 Å². The number of nitrogens with zero attached hydrogens (tertiary/aromatic N) is 3. The van der Waals surface area contributed by atoms with Crippen LogP contribution in [0.3, 0.4) is 0 Å². The summed E-state index contributed by atoms with van der Waals surface area (Å²) >= 11 is 6.07. The van der Waals surface area contributed by atoms with Crippen molar-refractivity contribution in [2.75, 3.05) is 26.3 Å². The summed E-state index contributed by atoms with van der Waals surface area (Å²) in [6.45, 7) is 6.42. The molecule has 1 saturated heterocycles. The van der Waals surface area contributed by atoms with E-state index in [0.717, 1.165) is 31.8 Å². The Labute approximate surface area is 158 Å². The Balaban J connectivity index is 2.10. The molecule has 1 aromatic heterocycles. The molecule has 2 aromatic rings. The van der Waals surface area contributed by atoms with Crippen molar-refractivity contribution in [1.82, 2.24) is 19.8 Å². The van der Waals surface area contributed by atoms with Gasteiger partial charge in [0, 0.05) is 37.2 Å². The van der Waals surface area contributed by atoms with Crippen LogP contribution in [0.4, 0.5) is 4.39 Å². The number of nitrogens with one attached hydrogen (secondary N) is 1. The minimum absolute atomic E-state index is 0.00359. The van der Waals surface area contributed by atoms with E-state index < -0.39 is 0 Å². The van der Waals surface area contributed by atoms with E-state index in [4.69, 9.17) is 16.6 Å². The lowest BCUT2D eigenvalue weighted by Gasteiger charge is -2.38. The number of aromatic nitrogens is 2. The van der Waals surface area contributed by atoms with Crippen molar-refractivity contribution < 1.29 is 4.39 Å². The molecule has 5 nitrogen and oxygen atoms in total. The van der Waals surface area contributed by atoms with Gasteiger partial charge in [0.1, 0.15) is 12.5 Å². The Morgan fingerprint density at radius 2 is 2.23 bits per heavy atom.